The summed E-state index contributed by atoms with van der Waals surface area (Å²) in [6.07, 6.45) is 3.11. The molecule has 0 saturated carbocycles. The molecule has 7 nitrogen and oxygen atoms in total. The van der Waals surface area contributed by atoms with Gasteiger partial charge in [-0.15, -0.1) is 0 Å². The van der Waals surface area contributed by atoms with Crippen LogP contribution in [0.3, 0.4) is 0 Å². The molecule has 0 saturated heterocycles. The van der Waals surface area contributed by atoms with Crippen molar-refractivity contribution < 1.29 is 18.7 Å². The summed E-state index contributed by atoms with van der Waals surface area (Å²) in [5.74, 6) is -0.475. The molecule has 4 aromatic rings. The molecule has 1 aliphatic heterocycles. The number of hydrogen-bond donors (Lipinski definition) is 0. The SMILES string of the molecule is CCCC1=C(C(=O)OCC)[C@@H](c2cc(Br)ccc2OC)n2c(s/c(=C/c3cc(C)n(-c4ccc(F)c(Cl)c4)c3C)c2=O)=N1. The molecule has 1 atom stereocenters. The Morgan fingerprint density at radius 3 is 2.63 bits per heavy atom. The molecule has 11 heteroatoms. The third-order valence-electron chi connectivity index (χ3n) is 7.30. The van der Waals surface area contributed by atoms with Crippen LogP contribution in [0.4, 0.5) is 4.39 Å². The van der Waals surface area contributed by atoms with E-state index < -0.39 is 17.8 Å². The molecule has 43 heavy (non-hydrogen) atoms. The number of aromatic nitrogens is 2. The molecule has 224 valence electrons. The fourth-order valence-electron chi connectivity index (χ4n) is 5.43. The second kappa shape index (κ2) is 12.6. The monoisotopic (exact) mass is 685 g/mol. The van der Waals surface area contributed by atoms with Crippen LogP contribution in [0.15, 0.2) is 68.0 Å². The van der Waals surface area contributed by atoms with Crippen molar-refractivity contribution in [3.63, 3.8) is 0 Å². The fourth-order valence-corrected chi connectivity index (χ4v) is 6.99. The summed E-state index contributed by atoms with van der Waals surface area (Å²) in [6.45, 7) is 7.81. The fraction of sp³-hybridized carbons (Fsp3) is 0.281. The van der Waals surface area contributed by atoms with Gasteiger partial charge in [-0.2, -0.15) is 0 Å². The van der Waals surface area contributed by atoms with Gasteiger partial charge in [0.05, 0.1) is 34.5 Å². The van der Waals surface area contributed by atoms with Gasteiger partial charge in [-0.05, 0) is 81.3 Å². The van der Waals surface area contributed by atoms with Gasteiger partial charge < -0.3 is 14.0 Å². The van der Waals surface area contributed by atoms with Gasteiger partial charge in [0.1, 0.15) is 17.6 Å². The number of benzene rings is 2. The van der Waals surface area contributed by atoms with Crippen LogP contribution in [0.25, 0.3) is 11.8 Å². The van der Waals surface area contributed by atoms with Gasteiger partial charge in [0.2, 0.25) is 0 Å². The Bertz CT molecular complexity index is 1960. The number of carbonyl (C=O) groups excluding carboxylic acids is 1. The summed E-state index contributed by atoms with van der Waals surface area (Å²) >= 11 is 10.9. The molecule has 0 N–H and O–H groups in total. The second-order valence-electron chi connectivity index (χ2n) is 10.1. The van der Waals surface area contributed by atoms with Crippen LogP contribution in [-0.4, -0.2) is 28.8 Å². The average molecular weight is 687 g/mol. The van der Waals surface area contributed by atoms with Crippen molar-refractivity contribution in [3.8, 4) is 11.4 Å². The van der Waals surface area contributed by atoms with E-state index in [1.165, 1.54) is 17.4 Å². The number of allylic oxidation sites excluding steroid dienone is 1. The number of rotatable bonds is 8. The number of ether oxygens (including phenoxy) is 2. The number of nitrogens with zero attached hydrogens (tertiary/aromatic N) is 3. The Morgan fingerprint density at radius 1 is 1.19 bits per heavy atom. The quantitative estimate of drug-likeness (QED) is 0.197. The van der Waals surface area contributed by atoms with E-state index >= 15 is 0 Å². The van der Waals surface area contributed by atoms with E-state index in [-0.39, 0.29) is 17.2 Å². The van der Waals surface area contributed by atoms with E-state index in [2.05, 4.69) is 15.9 Å². The van der Waals surface area contributed by atoms with Crippen molar-refractivity contribution in [1.29, 1.82) is 0 Å². The van der Waals surface area contributed by atoms with Gasteiger partial charge in [-0.1, -0.05) is 52.2 Å². The first-order valence-electron chi connectivity index (χ1n) is 13.8. The minimum atomic E-state index is -0.805. The maximum Gasteiger partial charge on any atom is 0.338 e. The molecule has 0 amide bonds. The summed E-state index contributed by atoms with van der Waals surface area (Å²) in [5.41, 5.74) is 4.55. The lowest BCUT2D eigenvalue weighted by Crippen LogP contribution is -2.40. The molecule has 0 spiro atoms. The first-order chi connectivity index (χ1) is 20.6. The number of halogens is 3. The van der Waals surface area contributed by atoms with E-state index in [0.717, 1.165) is 27.8 Å². The van der Waals surface area contributed by atoms with E-state index in [9.17, 15) is 14.0 Å². The van der Waals surface area contributed by atoms with Crippen molar-refractivity contribution in [2.24, 2.45) is 4.99 Å². The van der Waals surface area contributed by atoms with Crippen molar-refractivity contribution >= 4 is 50.9 Å². The Morgan fingerprint density at radius 2 is 1.95 bits per heavy atom. The molecule has 1 aliphatic rings. The molecule has 2 aromatic carbocycles. The highest BCUT2D eigenvalue weighted by Gasteiger charge is 2.36. The lowest BCUT2D eigenvalue weighted by Gasteiger charge is -2.27. The molecular formula is C32H30BrClFN3O4S. The molecule has 0 bridgehead atoms. The molecule has 2 aromatic heterocycles. The number of thiazole rings is 1. The van der Waals surface area contributed by atoms with Crippen LogP contribution in [0, 0.1) is 19.7 Å². The molecule has 0 fully saturated rings. The Kier molecular flexibility index (Phi) is 9.10. The summed E-state index contributed by atoms with van der Waals surface area (Å²) in [4.78, 5) is 33.0. The summed E-state index contributed by atoms with van der Waals surface area (Å²) in [6, 6.07) is 11.2. The predicted octanol–water partition coefficient (Wildman–Crippen LogP) is 6.55. The van der Waals surface area contributed by atoms with Gasteiger partial charge in [0.25, 0.3) is 5.56 Å². The van der Waals surface area contributed by atoms with E-state index in [0.29, 0.717) is 44.0 Å². The van der Waals surface area contributed by atoms with Crippen LogP contribution in [-0.2, 0) is 9.53 Å². The number of carbonyl (C=O) groups is 1. The smallest absolute Gasteiger partial charge is 0.338 e. The van der Waals surface area contributed by atoms with Crippen molar-refractivity contribution in [3.05, 3.63) is 111 Å². The molecule has 0 unspecified atom stereocenters. The summed E-state index contributed by atoms with van der Waals surface area (Å²) in [5, 5.41) is 0.0307. The maximum atomic E-state index is 14.2. The second-order valence-corrected chi connectivity index (χ2v) is 12.4. The van der Waals surface area contributed by atoms with Gasteiger partial charge in [0, 0.05) is 27.1 Å². The summed E-state index contributed by atoms with van der Waals surface area (Å²) < 4.78 is 29.8. The molecule has 0 aliphatic carbocycles. The van der Waals surface area contributed by atoms with Gasteiger partial charge in [-0.3, -0.25) is 9.36 Å². The largest absolute Gasteiger partial charge is 0.496 e. The topological polar surface area (TPSA) is 74.8 Å². The van der Waals surface area contributed by atoms with Crippen LogP contribution >= 0.6 is 38.9 Å². The van der Waals surface area contributed by atoms with Gasteiger partial charge in [-0.25, -0.2) is 14.2 Å². The third kappa shape index (κ3) is 5.75. The molecular weight excluding hydrogens is 657 g/mol. The van der Waals surface area contributed by atoms with Crippen LogP contribution in [0.2, 0.25) is 5.02 Å². The lowest BCUT2D eigenvalue weighted by atomic mass is 9.93. The maximum absolute atomic E-state index is 14.2. The Labute approximate surface area is 265 Å². The Balaban J connectivity index is 1.76. The zero-order valence-electron chi connectivity index (χ0n) is 24.3. The van der Waals surface area contributed by atoms with Crippen LogP contribution in [0.1, 0.15) is 55.2 Å². The van der Waals surface area contributed by atoms with E-state index in [4.69, 9.17) is 26.1 Å². The standard InChI is InChI=1S/C32H30BrClFN3O4S/c1-6-8-25-28(31(40)42-7-2)29(22-15-20(33)9-12-26(22)41-5)38-30(39)27(43-32(38)36-25)14-19-13-17(3)37(18(19)4)21-10-11-24(35)23(34)16-21/h9-16,29H,6-8H2,1-5H3/b27-14+/t29-/m1/s1. The highest BCUT2D eigenvalue weighted by Crippen LogP contribution is 2.38. The normalized spacial score (nSPS) is 15.0. The van der Waals surface area contributed by atoms with Crippen molar-refractivity contribution in [1.82, 2.24) is 9.13 Å². The number of fused-ring (bicyclic) bond motifs is 1. The first kappa shape index (κ1) is 31.0. The van der Waals surface area contributed by atoms with E-state index in [1.54, 1.807) is 36.8 Å². The van der Waals surface area contributed by atoms with Crippen LogP contribution < -0.4 is 19.6 Å². The van der Waals surface area contributed by atoms with Crippen LogP contribution in [0.5, 0.6) is 5.75 Å². The minimum Gasteiger partial charge on any atom is -0.496 e. The minimum absolute atomic E-state index is 0.0307. The summed E-state index contributed by atoms with van der Waals surface area (Å²) in [7, 11) is 1.56. The highest BCUT2D eigenvalue weighted by molar-refractivity contribution is 9.10. The number of methoxy groups -OCH3 is 1. The first-order valence-corrected chi connectivity index (χ1v) is 15.8. The molecule has 5 rings (SSSR count). The van der Waals surface area contributed by atoms with Gasteiger partial charge in [0.15, 0.2) is 4.80 Å². The van der Waals surface area contributed by atoms with Crippen molar-refractivity contribution in [2.45, 2.75) is 46.6 Å². The average Bonchev–Trinajstić information content (AvgIpc) is 3.43. The zero-order valence-corrected chi connectivity index (χ0v) is 27.5. The third-order valence-corrected chi connectivity index (χ3v) is 9.06. The van der Waals surface area contributed by atoms with Gasteiger partial charge >= 0.3 is 5.97 Å². The number of aryl methyl sites for hydroxylation is 1. The Hall–Kier alpha value is -3.47. The highest BCUT2D eigenvalue weighted by atomic mass is 79.9. The number of esters is 1. The van der Waals surface area contributed by atoms with Crippen molar-refractivity contribution in [2.75, 3.05) is 13.7 Å². The van der Waals surface area contributed by atoms with E-state index in [1.807, 2.05) is 49.6 Å². The zero-order chi connectivity index (χ0) is 31.0. The molecule has 0 radical (unpaired) electrons. The predicted molar refractivity (Wildman–Crippen MR) is 171 cm³/mol. The number of hydrogen-bond acceptors (Lipinski definition) is 6. The lowest BCUT2D eigenvalue weighted by molar-refractivity contribution is -0.139. The molecule has 3 heterocycles.